The van der Waals surface area contributed by atoms with Crippen LogP contribution in [0.3, 0.4) is 0 Å². The molecule has 0 bridgehead atoms. The number of nitrogens with one attached hydrogen (secondary N) is 1. The second kappa shape index (κ2) is 5.07. The molecule has 0 aromatic carbocycles. The van der Waals surface area contributed by atoms with E-state index in [-0.39, 0.29) is 6.04 Å². The molecule has 0 saturated carbocycles. The van der Waals surface area contributed by atoms with E-state index >= 15 is 0 Å². The minimum Gasteiger partial charge on any atom is -0.363 e. The van der Waals surface area contributed by atoms with E-state index in [1.807, 2.05) is 13.0 Å². The van der Waals surface area contributed by atoms with Gasteiger partial charge in [-0.25, -0.2) is 4.98 Å². The summed E-state index contributed by atoms with van der Waals surface area (Å²) in [7, 11) is 0. The van der Waals surface area contributed by atoms with Crippen LogP contribution < -0.4 is 5.32 Å². The first-order chi connectivity index (χ1) is 8.89. The van der Waals surface area contributed by atoms with Crippen molar-refractivity contribution < 1.29 is 13.2 Å². The summed E-state index contributed by atoms with van der Waals surface area (Å²) in [5, 5.41) is 3.08. The van der Waals surface area contributed by atoms with Crippen LogP contribution in [0.25, 0.3) is 0 Å². The number of rotatable bonds is 2. The Morgan fingerprint density at radius 3 is 2.68 bits per heavy atom. The molecule has 1 heterocycles. The van der Waals surface area contributed by atoms with E-state index in [0.29, 0.717) is 17.8 Å². The van der Waals surface area contributed by atoms with Crippen molar-refractivity contribution >= 4 is 5.82 Å². The van der Waals surface area contributed by atoms with E-state index in [0.717, 1.165) is 11.6 Å². The van der Waals surface area contributed by atoms with Gasteiger partial charge in [0.1, 0.15) is 5.82 Å². The average Bonchev–Trinajstić information content (AvgIpc) is 2.33. The minimum atomic E-state index is -4.31. The highest BCUT2D eigenvalue weighted by Gasteiger charge is 2.36. The number of allylic oxidation sites excluding steroid dienone is 2. The fraction of sp³-hybridized carbons (Fsp3) is 0.357. The van der Waals surface area contributed by atoms with E-state index in [9.17, 15) is 13.2 Å². The van der Waals surface area contributed by atoms with Crippen LogP contribution in [0, 0.1) is 6.92 Å². The Kier molecular flexibility index (Phi) is 3.64. The summed E-state index contributed by atoms with van der Waals surface area (Å²) in [5.41, 5.74) is 0.656. The fourth-order valence-electron chi connectivity index (χ4n) is 2.10. The topological polar surface area (TPSA) is 24.9 Å². The lowest BCUT2D eigenvalue weighted by molar-refractivity contribution is -0.0894. The third-order valence-electron chi connectivity index (χ3n) is 3.23. The maximum Gasteiger partial charge on any atom is 0.416 e. The monoisotopic (exact) mass is 268 g/mol. The number of hydrogen-bond donors (Lipinski definition) is 1. The van der Waals surface area contributed by atoms with Crippen molar-refractivity contribution in [1.82, 2.24) is 4.98 Å². The van der Waals surface area contributed by atoms with Crippen LogP contribution in [0.4, 0.5) is 19.0 Å². The summed E-state index contributed by atoms with van der Waals surface area (Å²) in [6.07, 6.45) is 0.545. The summed E-state index contributed by atoms with van der Waals surface area (Å²) >= 11 is 0. The van der Waals surface area contributed by atoms with E-state index in [2.05, 4.69) is 10.3 Å². The molecule has 1 atom stereocenters. The van der Waals surface area contributed by atoms with Crippen molar-refractivity contribution in [3.05, 3.63) is 47.2 Å². The molecule has 1 unspecified atom stereocenters. The first kappa shape index (κ1) is 13.6. The van der Waals surface area contributed by atoms with Gasteiger partial charge in [0.25, 0.3) is 0 Å². The van der Waals surface area contributed by atoms with Crippen LogP contribution in [-0.2, 0) is 0 Å². The lowest BCUT2D eigenvalue weighted by Gasteiger charge is -2.26. The highest BCUT2D eigenvalue weighted by atomic mass is 19.4. The SMILES string of the molecule is CC1=C(C(F)(F)F)C=CCC1Nc1ncccc1C. The molecule has 1 aliphatic carbocycles. The summed E-state index contributed by atoms with van der Waals surface area (Å²) in [6.45, 7) is 3.39. The van der Waals surface area contributed by atoms with Crippen LogP contribution >= 0.6 is 0 Å². The molecule has 0 radical (unpaired) electrons. The minimum absolute atomic E-state index is 0.306. The Hall–Kier alpha value is -1.78. The standard InChI is InChI=1S/C14H15F3N2/c1-9-5-4-8-18-13(9)19-12-7-3-6-11(10(12)2)14(15,16)17/h3-6,8,12H,7H2,1-2H3,(H,18,19). The van der Waals surface area contributed by atoms with Crippen molar-refractivity contribution in [2.75, 3.05) is 5.32 Å². The van der Waals surface area contributed by atoms with Gasteiger partial charge in [-0.1, -0.05) is 18.2 Å². The summed E-state index contributed by atoms with van der Waals surface area (Å²) in [4.78, 5) is 4.15. The van der Waals surface area contributed by atoms with Crippen LogP contribution in [0.5, 0.6) is 0 Å². The number of nitrogens with zero attached hydrogens (tertiary/aromatic N) is 1. The van der Waals surface area contributed by atoms with Crippen molar-refractivity contribution in [3.8, 4) is 0 Å². The molecular formula is C14H15F3N2. The Bertz CT molecular complexity index is 530. The molecular weight excluding hydrogens is 253 g/mol. The van der Waals surface area contributed by atoms with Gasteiger partial charge in [-0.2, -0.15) is 13.2 Å². The summed E-state index contributed by atoms with van der Waals surface area (Å²) in [6, 6.07) is 3.30. The Labute approximate surface area is 110 Å². The number of aryl methyl sites for hydroxylation is 1. The molecule has 1 aliphatic rings. The van der Waals surface area contributed by atoms with E-state index in [1.165, 1.54) is 6.92 Å². The van der Waals surface area contributed by atoms with Gasteiger partial charge in [0, 0.05) is 6.20 Å². The number of anilines is 1. The third-order valence-corrected chi connectivity index (χ3v) is 3.23. The van der Waals surface area contributed by atoms with Crippen LogP contribution in [0.2, 0.25) is 0 Å². The molecule has 2 rings (SSSR count). The zero-order valence-corrected chi connectivity index (χ0v) is 10.8. The molecule has 19 heavy (non-hydrogen) atoms. The van der Waals surface area contributed by atoms with Crippen molar-refractivity contribution in [3.63, 3.8) is 0 Å². The number of aromatic nitrogens is 1. The number of alkyl halides is 3. The van der Waals surface area contributed by atoms with Gasteiger partial charge in [0.2, 0.25) is 0 Å². The Balaban J connectivity index is 2.26. The predicted octanol–water partition coefficient (Wildman–Crippen LogP) is 4.01. The highest BCUT2D eigenvalue weighted by molar-refractivity contribution is 5.48. The van der Waals surface area contributed by atoms with E-state index in [4.69, 9.17) is 0 Å². The summed E-state index contributed by atoms with van der Waals surface area (Å²) in [5.74, 6) is 0.628. The molecule has 0 amide bonds. The van der Waals surface area contributed by atoms with Gasteiger partial charge in [-0.3, -0.25) is 0 Å². The van der Waals surface area contributed by atoms with E-state index < -0.39 is 11.7 Å². The maximum atomic E-state index is 12.8. The van der Waals surface area contributed by atoms with Crippen molar-refractivity contribution in [2.45, 2.75) is 32.5 Å². The highest BCUT2D eigenvalue weighted by Crippen LogP contribution is 2.34. The van der Waals surface area contributed by atoms with Gasteiger partial charge < -0.3 is 5.32 Å². The summed E-state index contributed by atoms with van der Waals surface area (Å²) < 4.78 is 38.5. The van der Waals surface area contributed by atoms with Crippen LogP contribution in [0.15, 0.2) is 41.6 Å². The molecule has 1 aromatic rings. The second-order valence-corrected chi connectivity index (χ2v) is 4.60. The first-order valence-electron chi connectivity index (χ1n) is 6.02. The van der Waals surface area contributed by atoms with Gasteiger partial charge in [-0.15, -0.1) is 0 Å². The van der Waals surface area contributed by atoms with Crippen molar-refractivity contribution in [1.29, 1.82) is 0 Å². The lowest BCUT2D eigenvalue weighted by atomic mass is 9.93. The van der Waals surface area contributed by atoms with Crippen molar-refractivity contribution in [2.24, 2.45) is 0 Å². The number of halogens is 3. The van der Waals surface area contributed by atoms with Crippen LogP contribution in [0.1, 0.15) is 18.9 Å². The first-order valence-corrected chi connectivity index (χ1v) is 6.02. The Morgan fingerprint density at radius 1 is 1.32 bits per heavy atom. The largest absolute Gasteiger partial charge is 0.416 e. The van der Waals surface area contributed by atoms with E-state index in [1.54, 1.807) is 18.3 Å². The molecule has 0 aliphatic heterocycles. The molecule has 1 N–H and O–H groups in total. The molecule has 0 saturated heterocycles. The average molecular weight is 268 g/mol. The zero-order valence-electron chi connectivity index (χ0n) is 10.8. The maximum absolute atomic E-state index is 12.8. The van der Waals surface area contributed by atoms with Gasteiger partial charge >= 0.3 is 6.18 Å². The van der Waals surface area contributed by atoms with Gasteiger partial charge in [0.05, 0.1) is 11.6 Å². The number of pyridine rings is 1. The molecule has 2 nitrogen and oxygen atoms in total. The molecule has 5 heteroatoms. The smallest absolute Gasteiger partial charge is 0.363 e. The second-order valence-electron chi connectivity index (χ2n) is 4.60. The Morgan fingerprint density at radius 2 is 2.05 bits per heavy atom. The number of hydrogen-bond acceptors (Lipinski definition) is 2. The lowest BCUT2D eigenvalue weighted by Crippen LogP contribution is -2.27. The van der Waals surface area contributed by atoms with Crippen LogP contribution in [-0.4, -0.2) is 17.2 Å². The normalized spacial score (nSPS) is 19.7. The molecule has 0 fully saturated rings. The third kappa shape index (κ3) is 2.97. The zero-order chi connectivity index (χ0) is 14.0. The molecule has 0 spiro atoms. The predicted molar refractivity (Wildman–Crippen MR) is 68.9 cm³/mol. The molecule has 1 aromatic heterocycles. The quantitative estimate of drug-likeness (QED) is 0.876. The van der Waals surface area contributed by atoms with Gasteiger partial charge in [0.15, 0.2) is 0 Å². The van der Waals surface area contributed by atoms with Gasteiger partial charge in [-0.05, 0) is 37.5 Å². The fourth-order valence-corrected chi connectivity index (χ4v) is 2.10. The molecule has 102 valence electrons.